The highest BCUT2D eigenvalue weighted by molar-refractivity contribution is 8.00. The number of carbonyl (C=O) groups is 1. The molecule has 0 aliphatic heterocycles. The molecule has 0 bridgehead atoms. The molecule has 1 aromatic heterocycles. The van der Waals surface area contributed by atoms with Crippen LogP contribution in [-0.4, -0.2) is 36.1 Å². The van der Waals surface area contributed by atoms with Crippen LogP contribution in [0, 0.1) is 6.92 Å². The van der Waals surface area contributed by atoms with E-state index < -0.39 is 10.0 Å². The molecule has 0 saturated heterocycles. The van der Waals surface area contributed by atoms with Gasteiger partial charge in [0.1, 0.15) is 5.75 Å². The van der Waals surface area contributed by atoms with Crippen LogP contribution < -0.4 is 10.1 Å². The zero-order valence-corrected chi connectivity index (χ0v) is 19.1. The highest BCUT2D eigenvalue weighted by atomic mass is 32.2. The maximum absolute atomic E-state index is 13.4. The van der Waals surface area contributed by atoms with Crippen molar-refractivity contribution in [1.82, 2.24) is 8.96 Å². The zero-order valence-electron chi connectivity index (χ0n) is 17.5. The van der Waals surface area contributed by atoms with Crippen molar-refractivity contribution in [3.8, 4) is 5.75 Å². The molecule has 0 spiro atoms. The quantitative estimate of drug-likeness (QED) is 0.407. The lowest BCUT2D eigenvalue weighted by molar-refractivity contribution is -0.113. The van der Waals surface area contributed by atoms with Gasteiger partial charge in [-0.2, -0.15) is 0 Å². The molecular weight excluding hydrogens is 446 g/mol. The van der Waals surface area contributed by atoms with Crippen molar-refractivity contribution in [2.45, 2.75) is 17.0 Å². The van der Waals surface area contributed by atoms with Crippen molar-refractivity contribution < 1.29 is 17.9 Å². The normalized spacial score (nSPS) is 11.4. The molecule has 0 aliphatic carbocycles. The summed E-state index contributed by atoms with van der Waals surface area (Å²) < 4.78 is 33.1. The van der Waals surface area contributed by atoms with Gasteiger partial charge in [0.05, 0.1) is 28.8 Å². The third-order valence-electron chi connectivity index (χ3n) is 4.81. The van der Waals surface area contributed by atoms with E-state index in [-0.39, 0.29) is 21.7 Å². The number of aromatic nitrogens is 2. The maximum Gasteiger partial charge on any atom is 0.270 e. The number of ether oxygens (including phenoxy) is 1. The Labute approximate surface area is 190 Å². The number of rotatable bonds is 7. The van der Waals surface area contributed by atoms with E-state index in [1.54, 1.807) is 61.7 Å². The minimum absolute atomic E-state index is 0.000892. The first-order valence-corrected chi connectivity index (χ1v) is 12.2. The summed E-state index contributed by atoms with van der Waals surface area (Å²) in [7, 11) is -2.30. The predicted molar refractivity (Wildman–Crippen MR) is 126 cm³/mol. The van der Waals surface area contributed by atoms with Gasteiger partial charge in [-0.05, 0) is 55.0 Å². The van der Waals surface area contributed by atoms with E-state index in [1.807, 2.05) is 13.0 Å². The SMILES string of the molecule is COc1ccc(NC(=O)CSc2nc3ccccc3n2S(=O)(=O)c2ccccc2)c(C)c1. The summed E-state index contributed by atoms with van der Waals surface area (Å²) in [5.41, 5.74) is 2.54. The Bertz CT molecular complexity index is 1380. The molecule has 3 aromatic carbocycles. The Balaban J connectivity index is 1.61. The Morgan fingerprint density at radius 3 is 2.50 bits per heavy atom. The van der Waals surface area contributed by atoms with Crippen molar-refractivity contribution in [2.75, 3.05) is 18.2 Å². The van der Waals surface area contributed by atoms with Crippen molar-refractivity contribution in [2.24, 2.45) is 0 Å². The fraction of sp³-hybridized carbons (Fsp3) is 0.130. The van der Waals surface area contributed by atoms with Gasteiger partial charge >= 0.3 is 0 Å². The average Bonchev–Trinajstić information content (AvgIpc) is 3.19. The fourth-order valence-electron chi connectivity index (χ4n) is 3.22. The maximum atomic E-state index is 13.4. The molecule has 0 fully saturated rings. The predicted octanol–water partition coefficient (Wildman–Crippen LogP) is 4.32. The summed E-state index contributed by atoms with van der Waals surface area (Å²) >= 11 is 1.07. The second kappa shape index (κ2) is 9.05. The lowest BCUT2D eigenvalue weighted by atomic mass is 10.2. The molecule has 0 saturated carbocycles. The molecule has 4 aromatic rings. The minimum atomic E-state index is -3.89. The van der Waals surface area contributed by atoms with Gasteiger partial charge in [-0.3, -0.25) is 4.79 Å². The molecule has 1 N–H and O–H groups in total. The van der Waals surface area contributed by atoms with E-state index in [9.17, 15) is 13.2 Å². The van der Waals surface area contributed by atoms with E-state index in [2.05, 4.69) is 10.3 Å². The smallest absolute Gasteiger partial charge is 0.270 e. The average molecular weight is 468 g/mol. The van der Waals surface area contributed by atoms with Crippen molar-refractivity contribution in [1.29, 1.82) is 0 Å². The van der Waals surface area contributed by atoms with Gasteiger partial charge in [0.2, 0.25) is 5.91 Å². The lowest BCUT2D eigenvalue weighted by Crippen LogP contribution is -2.17. The van der Waals surface area contributed by atoms with Crippen LogP contribution >= 0.6 is 11.8 Å². The number of amides is 1. The van der Waals surface area contributed by atoms with Gasteiger partial charge in [0.25, 0.3) is 10.0 Å². The molecule has 0 unspecified atom stereocenters. The van der Waals surface area contributed by atoms with Crippen LogP contribution in [0.5, 0.6) is 5.75 Å². The number of hydrogen-bond acceptors (Lipinski definition) is 6. The number of para-hydroxylation sites is 2. The van der Waals surface area contributed by atoms with Crippen LogP contribution in [-0.2, 0) is 14.8 Å². The molecule has 0 atom stereocenters. The van der Waals surface area contributed by atoms with Crippen molar-refractivity contribution in [3.63, 3.8) is 0 Å². The number of thioether (sulfide) groups is 1. The Hall–Kier alpha value is -3.30. The Kier molecular flexibility index (Phi) is 6.20. The highest BCUT2D eigenvalue weighted by Crippen LogP contribution is 2.29. The number of anilines is 1. The first-order chi connectivity index (χ1) is 15.4. The van der Waals surface area contributed by atoms with Gasteiger partial charge in [-0.15, -0.1) is 0 Å². The van der Waals surface area contributed by atoms with Gasteiger partial charge in [-0.25, -0.2) is 17.4 Å². The van der Waals surface area contributed by atoms with Crippen LogP contribution in [0.3, 0.4) is 0 Å². The molecule has 164 valence electrons. The van der Waals surface area contributed by atoms with Crippen molar-refractivity contribution >= 4 is 44.4 Å². The second-order valence-corrected chi connectivity index (χ2v) is 9.71. The molecule has 0 aliphatic rings. The number of benzene rings is 3. The summed E-state index contributed by atoms with van der Waals surface area (Å²) in [5, 5.41) is 3.09. The van der Waals surface area contributed by atoms with Gasteiger partial charge < -0.3 is 10.1 Å². The largest absolute Gasteiger partial charge is 0.497 e. The summed E-state index contributed by atoms with van der Waals surface area (Å²) in [6.45, 7) is 1.87. The van der Waals surface area contributed by atoms with Crippen molar-refractivity contribution in [3.05, 3.63) is 78.4 Å². The number of nitrogens with one attached hydrogen (secondary N) is 1. The van der Waals surface area contributed by atoms with Gasteiger partial charge in [0, 0.05) is 5.69 Å². The van der Waals surface area contributed by atoms with Crippen LogP contribution in [0.15, 0.2) is 82.8 Å². The van der Waals surface area contributed by atoms with E-state index >= 15 is 0 Å². The first kappa shape index (κ1) is 21.9. The number of aryl methyl sites for hydroxylation is 1. The van der Waals surface area contributed by atoms with E-state index in [4.69, 9.17) is 4.74 Å². The standard InChI is InChI=1S/C23H21N3O4S2/c1-16-14-17(30-2)12-13-19(16)24-22(27)15-31-23-25-20-10-6-7-11-21(20)26(23)32(28,29)18-8-4-3-5-9-18/h3-14H,15H2,1-2H3,(H,24,27). The number of carbonyl (C=O) groups excluding carboxylic acids is 1. The Morgan fingerprint density at radius 1 is 1.06 bits per heavy atom. The number of imidazole rings is 1. The Morgan fingerprint density at radius 2 is 1.78 bits per heavy atom. The van der Waals surface area contributed by atoms with Crippen LogP contribution in [0.1, 0.15) is 5.56 Å². The monoisotopic (exact) mass is 467 g/mol. The summed E-state index contributed by atoms with van der Waals surface area (Å²) in [6.07, 6.45) is 0. The number of nitrogens with zero attached hydrogens (tertiary/aromatic N) is 2. The lowest BCUT2D eigenvalue weighted by Gasteiger charge is -2.11. The second-order valence-electron chi connectivity index (χ2n) is 6.98. The van der Waals surface area contributed by atoms with E-state index in [0.29, 0.717) is 22.5 Å². The molecule has 4 rings (SSSR count). The third-order valence-corrected chi connectivity index (χ3v) is 7.58. The number of fused-ring (bicyclic) bond motifs is 1. The molecule has 9 heteroatoms. The van der Waals surface area contributed by atoms with Gasteiger partial charge in [0.15, 0.2) is 5.16 Å². The minimum Gasteiger partial charge on any atom is -0.497 e. The molecule has 0 radical (unpaired) electrons. The first-order valence-electron chi connectivity index (χ1n) is 9.75. The molecular formula is C23H21N3O4S2. The van der Waals surface area contributed by atoms with E-state index in [1.165, 1.54) is 16.1 Å². The molecule has 1 heterocycles. The van der Waals surface area contributed by atoms with E-state index in [0.717, 1.165) is 17.3 Å². The highest BCUT2D eigenvalue weighted by Gasteiger charge is 2.25. The zero-order chi connectivity index (χ0) is 22.7. The topological polar surface area (TPSA) is 90.3 Å². The summed E-state index contributed by atoms with van der Waals surface area (Å²) in [5.74, 6) is 0.438. The van der Waals surface area contributed by atoms with Crippen LogP contribution in [0.25, 0.3) is 11.0 Å². The number of methoxy groups -OCH3 is 1. The molecule has 1 amide bonds. The third kappa shape index (κ3) is 4.35. The molecule has 32 heavy (non-hydrogen) atoms. The molecule has 7 nitrogen and oxygen atoms in total. The summed E-state index contributed by atoms with van der Waals surface area (Å²) in [4.78, 5) is 17.2. The van der Waals surface area contributed by atoms with Gasteiger partial charge in [-0.1, -0.05) is 42.1 Å². The van der Waals surface area contributed by atoms with Crippen LogP contribution in [0.4, 0.5) is 5.69 Å². The summed E-state index contributed by atoms with van der Waals surface area (Å²) in [6, 6.07) is 20.5. The number of hydrogen-bond donors (Lipinski definition) is 1. The van der Waals surface area contributed by atoms with Crippen LogP contribution in [0.2, 0.25) is 0 Å². The fourth-order valence-corrected chi connectivity index (χ4v) is 5.76.